The van der Waals surface area contributed by atoms with Crippen LogP contribution in [0.4, 0.5) is 0 Å². The van der Waals surface area contributed by atoms with Gasteiger partial charge in [-0.2, -0.15) is 0 Å². The quantitative estimate of drug-likeness (QED) is 0.175. The fourth-order valence-corrected chi connectivity index (χ4v) is 8.43. The topological polar surface area (TPSA) is 26.3 Å². The van der Waals surface area contributed by atoms with Gasteiger partial charge in [0, 0.05) is 21.5 Å². The number of fused-ring (bicyclic) bond motifs is 8. The molecule has 0 saturated heterocycles. The Labute approximate surface area is 299 Å². The van der Waals surface area contributed by atoms with Crippen molar-refractivity contribution in [1.82, 2.24) is 0 Å². The van der Waals surface area contributed by atoms with E-state index in [4.69, 9.17) is 8.83 Å². The van der Waals surface area contributed by atoms with Crippen LogP contribution in [0.2, 0.25) is 0 Å². The zero-order valence-electron chi connectivity index (χ0n) is 28.1. The maximum atomic E-state index is 6.68. The van der Waals surface area contributed by atoms with E-state index in [1.165, 1.54) is 49.4 Å². The Balaban J connectivity index is 1.21. The van der Waals surface area contributed by atoms with Gasteiger partial charge in [-0.1, -0.05) is 158 Å². The van der Waals surface area contributed by atoms with Gasteiger partial charge in [-0.25, -0.2) is 0 Å². The van der Waals surface area contributed by atoms with Gasteiger partial charge < -0.3 is 8.83 Å². The minimum absolute atomic E-state index is 0.840. The van der Waals surface area contributed by atoms with Crippen LogP contribution in [0.15, 0.2) is 191 Å². The van der Waals surface area contributed by atoms with Crippen molar-refractivity contribution in [3.63, 3.8) is 0 Å². The standard InChI is InChI=1S/C50H30O2/c1-2-15-31(16-3-1)34-19-4-5-22-37(34)48-40-25-8-6-23-38(40)46(39-24-7-9-26-41(39)48)32-17-14-18-33(29-32)47-49-42(35-20-10-12-27-44(35)51-49)30-43-36-21-11-13-28-45(36)52-50(43)47/h1-30H. The summed E-state index contributed by atoms with van der Waals surface area (Å²) >= 11 is 0. The second-order valence-electron chi connectivity index (χ2n) is 13.5. The summed E-state index contributed by atoms with van der Waals surface area (Å²) < 4.78 is 13.4. The Morgan fingerprint density at radius 1 is 0.250 bits per heavy atom. The Morgan fingerprint density at radius 2 is 0.673 bits per heavy atom. The molecule has 0 aliphatic rings. The number of furan rings is 2. The lowest BCUT2D eigenvalue weighted by Gasteiger charge is -2.20. The van der Waals surface area contributed by atoms with Crippen molar-refractivity contribution < 1.29 is 8.83 Å². The molecule has 0 amide bonds. The van der Waals surface area contributed by atoms with Crippen LogP contribution < -0.4 is 0 Å². The first-order chi connectivity index (χ1) is 25.8. The molecule has 0 bridgehead atoms. The first kappa shape index (κ1) is 28.9. The van der Waals surface area contributed by atoms with Gasteiger partial charge in [0.2, 0.25) is 0 Å². The summed E-state index contributed by atoms with van der Waals surface area (Å²) in [6.45, 7) is 0. The Morgan fingerprint density at radius 3 is 1.25 bits per heavy atom. The van der Waals surface area contributed by atoms with Crippen LogP contribution in [0, 0.1) is 0 Å². The van der Waals surface area contributed by atoms with Crippen molar-refractivity contribution >= 4 is 65.4 Å². The Hall–Kier alpha value is -6.90. The third-order valence-corrected chi connectivity index (χ3v) is 10.7. The molecule has 9 aromatic carbocycles. The van der Waals surface area contributed by atoms with Crippen LogP contribution in [0.5, 0.6) is 0 Å². The molecule has 0 atom stereocenters. The van der Waals surface area contributed by atoms with Crippen LogP contribution >= 0.6 is 0 Å². The molecule has 2 aromatic heterocycles. The van der Waals surface area contributed by atoms with E-state index in [2.05, 4.69) is 158 Å². The smallest absolute Gasteiger partial charge is 0.147 e. The molecule has 0 radical (unpaired) electrons. The lowest BCUT2D eigenvalue weighted by molar-refractivity contribution is 0.658. The summed E-state index contributed by atoms with van der Waals surface area (Å²) in [5.41, 5.74) is 12.7. The van der Waals surface area contributed by atoms with E-state index in [0.717, 1.165) is 60.6 Å². The second-order valence-corrected chi connectivity index (χ2v) is 13.5. The minimum atomic E-state index is 0.840. The predicted octanol–water partition coefficient (Wildman–Crippen LogP) is 14.5. The highest BCUT2D eigenvalue weighted by Crippen LogP contribution is 2.48. The summed E-state index contributed by atoms with van der Waals surface area (Å²) in [6.07, 6.45) is 0. The van der Waals surface area contributed by atoms with Crippen molar-refractivity contribution in [1.29, 1.82) is 0 Å². The van der Waals surface area contributed by atoms with Crippen molar-refractivity contribution in [3.05, 3.63) is 182 Å². The lowest BCUT2D eigenvalue weighted by Crippen LogP contribution is -1.93. The molecule has 52 heavy (non-hydrogen) atoms. The minimum Gasteiger partial charge on any atom is -0.455 e. The molecule has 0 fully saturated rings. The van der Waals surface area contributed by atoms with E-state index in [-0.39, 0.29) is 0 Å². The van der Waals surface area contributed by atoms with Gasteiger partial charge in [0.15, 0.2) is 0 Å². The zero-order chi connectivity index (χ0) is 34.2. The van der Waals surface area contributed by atoms with Crippen molar-refractivity contribution in [2.24, 2.45) is 0 Å². The van der Waals surface area contributed by atoms with E-state index >= 15 is 0 Å². The van der Waals surface area contributed by atoms with E-state index in [9.17, 15) is 0 Å². The molecule has 0 aliphatic carbocycles. The third kappa shape index (κ3) is 4.25. The Bertz CT molecular complexity index is 3030. The number of hydrogen-bond donors (Lipinski definition) is 0. The Kier molecular flexibility index (Phi) is 6.28. The number of benzene rings is 9. The SMILES string of the molecule is c1ccc(-c2ccccc2-c2c3ccccc3c(-c3cccc(-c4c5oc6ccccc6c5cc5c4oc4ccccc45)c3)c3ccccc23)cc1. The van der Waals surface area contributed by atoms with Gasteiger partial charge in [-0.05, 0) is 84.8 Å². The molecule has 2 nitrogen and oxygen atoms in total. The van der Waals surface area contributed by atoms with E-state index in [1.54, 1.807) is 0 Å². The highest BCUT2D eigenvalue weighted by molar-refractivity contribution is 6.24. The third-order valence-electron chi connectivity index (χ3n) is 10.7. The second kappa shape index (κ2) is 11.3. The molecular formula is C50H30O2. The van der Waals surface area contributed by atoms with E-state index in [0.29, 0.717) is 0 Å². The van der Waals surface area contributed by atoms with Gasteiger partial charge in [-0.3, -0.25) is 0 Å². The summed E-state index contributed by atoms with van der Waals surface area (Å²) in [6, 6.07) is 65.0. The average Bonchev–Trinajstić information content (AvgIpc) is 3.77. The maximum absolute atomic E-state index is 6.68. The summed E-state index contributed by atoms with van der Waals surface area (Å²) in [5.74, 6) is 0. The van der Waals surface area contributed by atoms with Crippen molar-refractivity contribution in [3.8, 4) is 44.5 Å². The molecule has 2 heterocycles. The van der Waals surface area contributed by atoms with E-state index < -0.39 is 0 Å². The van der Waals surface area contributed by atoms with Crippen molar-refractivity contribution in [2.75, 3.05) is 0 Å². The first-order valence-electron chi connectivity index (χ1n) is 17.8. The van der Waals surface area contributed by atoms with E-state index in [1.807, 2.05) is 24.3 Å². The monoisotopic (exact) mass is 662 g/mol. The van der Waals surface area contributed by atoms with Gasteiger partial charge in [-0.15, -0.1) is 0 Å². The molecule has 0 unspecified atom stereocenters. The molecule has 11 aromatic rings. The van der Waals surface area contributed by atoms with Crippen LogP contribution in [-0.4, -0.2) is 0 Å². The lowest BCUT2D eigenvalue weighted by atomic mass is 9.83. The number of para-hydroxylation sites is 2. The fourth-order valence-electron chi connectivity index (χ4n) is 8.43. The predicted molar refractivity (Wildman–Crippen MR) is 218 cm³/mol. The number of hydrogen-bond acceptors (Lipinski definition) is 2. The molecule has 0 spiro atoms. The molecule has 0 N–H and O–H groups in total. The van der Waals surface area contributed by atoms with Crippen LogP contribution in [0.25, 0.3) is 110 Å². The molecule has 0 saturated carbocycles. The summed E-state index contributed by atoms with van der Waals surface area (Å²) in [7, 11) is 0. The van der Waals surface area contributed by atoms with Crippen LogP contribution in [0.1, 0.15) is 0 Å². The molecule has 0 aliphatic heterocycles. The summed E-state index contributed by atoms with van der Waals surface area (Å²) in [4.78, 5) is 0. The van der Waals surface area contributed by atoms with Gasteiger partial charge in [0.25, 0.3) is 0 Å². The molecule has 2 heteroatoms. The maximum Gasteiger partial charge on any atom is 0.147 e. The van der Waals surface area contributed by atoms with Gasteiger partial charge >= 0.3 is 0 Å². The van der Waals surface area contributed by atoms with Crippen LogP contribution in [-0.2, 0) is 0 Å². The first-order valence-corrected chi connectivity index (χ1v) is 17.8. The largest absolute Gasteiger partial charge is 0.455 e. The molecular weight excluding hydrogens is 633 g/mol. The highest BCUT2D eigenvalue weighted by Gasteiger charge is 2.23. The normalized spacial score (nSPS) is 11.8. The molecule has 11 rings (SSSR count). The van der Waals surface area contributed by atoms with Gasteiger partial charge in [0.05, 0.1) is 5.56 Å². The molecule has 242 valence electrons. The average molecular weight is 663 g/mol. The van der Waals surface area contributed by atoms with Crippen molar-refractivity contribution in [2.45, 2.75) is 0 Å². The number of rotatable bonds is 4. The zero-order valence-corrected chi connectivity index (χ0v) is 28.1. The fraction of sp³-hybridized carbons (Fsp3) is 0. The highest BCUT2D eigenvalue weighted by atomic mass is 16.3. The van der Waals surface area contributed by atoms with Crippen LogP contribution in [0.3, 0.4) is 0 Å². The van der Waals surface area contributed by atoms with Gasteiger partial charge in [0.1, 0.15) is 22.3 Å². The summed E-state index contributed by atoms with van der Waals surface area (Å²) in [5, 5.41) is 9.27.